The van der Waals surface area contributed by atoms with Gasteiger partial charge in [0.1, 0.15) is 0 Å². The molecule has 0 bridgehead atoms. The molecule has 1 fully saturated rings. The molecule has 1 aromatic carbocycles. The predicted molar refractivity (Wildman–Crippen MR) is 73.2 cm³/mol. The second kappa shape index (κ2) is 5.19. The molecule has 1 aromatic rings. The van der Waals surface area contributed by atoms with E-state index in [1.54, 1.807) is 0 Å². The molecular formula is C15H24N2. The van der Waals surface area contributed by atoms with E-state index in [2.05, 4.69) is 55.5 Å². The van der Waals surface area contributed by atoms with Crippen molar-refractivity contribution in [3.63, 3.8) is 0 Å². The van der Waals surface area contributed by atoms with Gasteiger partial charge in [-0.2, -0.15) is 0 Å². The molecule has 0 spiro atoms. The third-order valence-electron chi connectivity index (χ3n) is 4.26. The lowest BCUT2D eigenvalue weighted by Crippen LogP contribution is -2.56. The highest BCUT2D eigenvalue weighted by Gasteiger charge is 2.38. The van der Waals surface area contributed by atoms with Gasteiger partial charge in [0.2, 0.25) is 0 Å². The number of aryl methyl sites for hydroxylation is 1. The van der Waals surface area contributed by atoms with Crippen molar-refractivity contribution in [2.24, 2.45) is 0 Å². The average Bonchev–Trinajstić information content (AvgIpc) is 2.23. The molecule has 1 saturated carbocycles. The van der Waals surface area contributed by atoms with Crippen molar-refractivity contribution < 1.29 is 0 Å². The van der Waals surface area contributed by atoms with Crippen LogP contribution in [0.2, 0.25) is 0 Å². The largest absolute Gasteiger partial charge is 0.311 e. The summed E-state index contributed by atoms with van der Waals surface area (Å²) in [5.41, 5.74) is 3.22. The summed E-state index contributed by atoms with van der Waals surface area (Å²) in [6.45, 7) is 4.28. The minimum Gasteiger partial charge on any atom is -0.311 e. The molecule has 0 radical (unpaired) electrons. The minimum absolute atomic E-state index is 0.419. The number of hydrogen-bond donors (Lipinski definition) is 1. The van der Waals surface area contributed by atoms with Gasteiger partial charge in [-0.25, -0.2) is 0 Å². The fraction of sp³-hybridized carbons (Fsp3) is 0.600. The van der Waals surface area contributed by atoms with Gasteiger partial charge in [0, 0.05) is 18.6 Å². The van der Waals surface area contributed by atoms with E-state index in [-0.39, 0.29) is 0 Å². The summed E-state index contributed by atoms with van der Waals surface area (Å²) in [7, 11) is 4.41. The molecule has 0 amide bonds. The molecule has 0 heterocycles. The Labute approximate surface area is 105 Å². The molecule has 1 N–H and O–H groups in total. The lowest BCUT2D eigenvalue weighted by Gasteiger charge is -2.47. The second-order valence-corrected chi connectivity index (χ2v) is 5.50. The molecule has 0 aromatic heterocycles. The van der Waals surface area contributed by atoms with Gasteiger partial charge in [0.25, 0.3) is 0 Å². The van der Waals surface area contributed by atoms with Crippen molar-refractivity contribution >= 4 is 0 Å². The molecule has 2 nitrogen and oxygen atoms in total. The van der Waals surface area contributed by atoms with E-state index in [0.717, 1.165) is 13.1 Å². The first kappa shape index (κ1) is 12.6. The van der Waals surface area contributed by atoms with Crippen molar-refractivity contribution in [3.8, 4) is 0 Å². The number of nitrogens with zero attached hydrogens (tertiary/aromatic N) is 1. The van der Waals surface area contributed by atoms with Crippen molar-refractivity contribution in [3.05, 3.63) is 35.4 Å². The standard InChI is InChI=1S/C15H24N2/c1-13-7-4-5-8-14(13)11-16-12-15(17(2)3)9-6-10-15/h4-5,7-8,16H,6,9-12H2,1-3H3. The van der Waals surface area contributed by atoms with Crippen molar-refractivity contribution in [1.29, 1.82) is 0 Å². The Bertz CT molecular complexity index is 367. The molecule has 94 valence electrons. The van der Waals surface area contributed by atoms with Crippen LogP contribution in [0.25, 0.3) is 0 Å². The van der Waals surface area contributed by atoms with Crippen LogP contribution in [0.3, 0.4) is 0 Å². The van der Waals surface area contributed by atoms with Crippen LogP contribution in [0.15, 0.2) is 24.3 Å². The molecule has 2 rings (SSSR count). The molecule has 1 aliphatic rings. The summed E-state index contributed by atoms with van der Waals surface area (Å²) in [6.07, 6.45) is 4.05. The Morgan fingerprint density at radius 2 is 1.94 bits per heavy atom. The molecule has 1 aliphatic carbocycles. The van der Waals surface area contributed by atoms with Crippen molar-refractivity contribution in [1.82, 2.24) is 10.2 Å². The van der Waals surface area contributed by atoms with Crippen LogP contribution in [-0.2, 0) is 6.54 Å². The van der Waals surface area contributed by atoms with E-state index in [4.69, 9.17) is 0 Å². The van der Waals surface area contributed by atoms with Crippen molar-refractivity contribution in [2.45, 2.75) is 38.3 Å². The summed E-state index contributed by atoms with van der Waals surface area (Å²) >= 11 is 0. The SMILES string of the molecule is Cc1ccccc1CNCC1(N(C)C)CCC1. The van der Waals surface area contributed by atoms with E-state index >= 15 is 0 Å². The molecule has 0 atom stereocenters. The maximum absolute atomic E-state index is 3.62. The van der Waals surface area contributed by atoms with Crippen LogP contribution in [0, 0.1) is 6.92 Å². The third kappa shape index (κ3) is 2.70. The first-order valence-corrected chi connectivity index (χ1v) is 6.57. The predicted octanol–water partition coefficient (Wildman–Crippen LogP) is 2.57. The first-order valence-electron chi connectivity index (χ1n) is 6.57. The second-order valence-electron chi connectivity index (χ2n) is 5.50. The third-order valence-corrected chi connectivity index (χ3v) is 4.26. The van der Waals surface area contributed by atoms with Gasteiger partial charge in [0.05, 0.1) is 0 Å². The van der Waals surface area contributed by atoms with E-state index in [0.29, 0.717) is 5.54 Å². The zero-order valence-corrected chi connectivity index (χ0v) is 11.3. The van der Waals surface area contributed by atoms with Gasteiger partial charge < -0.3 is 10.2 Å². The topological polar surface area (TPSA) is 15.3 Å². The Hall–Kier alpha value is -0.860. The summed E-state index contributed by atoms with van der Waals surface area (Å²) in [4.78, 5) is 2.39. The number of rotatable bonds is 5. The Balaban J connectivity index is 1.85. The summed E-state index contributed by atoms with van der Waals surface area (Å²) in [5, 5.41) is 3.62. The quantitative estimate of drug-likeness (QED) is 0.839. The maximum Gasteiger partial charge on any atom is 0.0328 e. The molecular weight excluding hydrogens is 208 g/mol. The fourth-order valence-corrected chi connectivity index (χ4v) is 2.61. The highest BCUT2D eigenvalue weighted by Crippen LogP contribution is 2.35. The Morgan fingerprint density at radius 1 is 1.24 bits per heavy atom. The first-order chi connectivity index (χ1) is 8.14. The highest BCUT2D eigenvalue weighted by atomic mass is 15.2. The molecule has 0 unspecified atom stereocenters. The van der Waals surface area contributed by atoms with Gasteiger partial charge in [-0.15, -0.1) is 0 Å². The van der Waals surface area contributed by atoms with E-state index in [1.165, 1.54) is 30.4 Å². The molecule has 2 heteroatoms. The number of nitrogens with one attached hydrogen (secondary N) is 1. The zero-order chi connectivity index (χ0) is 12.3. The number of benzene rings is 1. The van der Waals surface area contributed by atoms with E-state index in [1.807, 2.05) is 0 Å². The minimum atomic E-state index is 0.419. The van der Waals surface area contributed by atoms with Gasteiger partial charge in [-0.05, 0) is 51.4 Å². The van der Waals surface area contributed by atoms with E-state index in [9.17, 15) is 0 Å². The van der Waals surface area contributed by atoms with E-state index < -0.39 is 0 Å². The normalized spacial score (nSPS) is 18.1. The molecule has 17 heavy (non-hydrogen) atoms. The zero-order valence-electron chi connectivity index (χ0n) is 11.3. The van der Waals surface area contributed by atoms with Gasteiger partial charge in [-0.3, -0.25) is 0 Å². The lowest BCUT2D eigenvalue weighted by atomic mass is 9.75. The summed E-state index contributed by atoms with van der Waals surface area (Å²) in [5.74, 6) is 0. The van der Waals surface area contributed by atoms with Crippen molar-refractivity contribution in [2.75, 3.05) is 20.6 Å². The fourth-order valence-electron chi connectivity index (χ4n) is 2.61. The smallest absolute Gasteiger partial charge is 0.0328 e. The van der Waals surface area contributed by atoms with Gasteiger partial charge in [0.15, 0.2) is 0 Å². The van der Waals surface area contributed by atoms with Crippen LogP contribution < -0.4 is 5.32 Å². The van der Waals surface area contributed by atoms with Gasteiger partial charge >= 0.3 is 0 Å². The highest BCUT2D eigenvalue weighted by molar-refractivity contribution is 5.25. The number of likely N-dealkylation sites (N-methyl/N-ethyl adjacent to an activating group) is 1. The lowest BCUT2D eigenvalue weighted by molar-refractivity contribution is 0.0598. The summed E-state index contributed by atoms with van der Waals surface area (Å²) in [6, 6.07) is 8.62. The monoisotopic (exact) mass is 232 g/mol. The van der Waals surface area contributed by atoms with Crippen LogP contribution in [0.5, 0.6) is 0 Å². The van der Waals surface area contributed by atoms with Crippen LogP contribution in [0.4, 0.5) is 0 Å². The molecule has 0 aliphatic heterocycles. The van der Waals surface area contributed by atoms with Crippen LogP contribution in [0.1, 0.15) is 30.4 Å². The molecule has 0 saturated heterocycles. The maximum atomic E-state index is 3.62. The van der Waals surface area contributed by atoms with Crippen LogP contribution in [-0.4, -0.2) is 31.1 Å². The Morgan fingerprint density at radius 3 is 2.47 bits per heavy atom. The summed E-state index contributed by atoms with van der Waals surface area (Å²) < 4.78 is 0. The number of hydrogen-bond acceptors (Lipinski definition) is 2. The average molecular weight is 232 g/mol. The van der Waals surface area contributed by atoms with Crippen LogP contribution >= 0.6 is 0 Å². The Kier molecular flexibility index (Phi) is 3.85. The van der Waals surface area contributed by atoms with Gasteiger partial charge in [-0.1, -0.05) is 24.3 Å².